The Bertz CT molecular complexity index is 803. The first-order chi connectivity index (χ1) is 11.7. The molecular weight excluding hydrogens is 421 g/mol. The summed E-state index contributed by atoms with van der Waals surface area (Å²) >= 11 is 4.77. The molecule has 0 fully saturated rings. The number of benzene rings is 1. The number of anilines is 1. The number of hydrogen-bond donors (Lipinski definition) is 2. The van der Waals surface area contributed by atoms with Crippen LogP contribution in [-0.4, -0.2) is 24.5 Å². The van der Waals surface area contributed by atoms with Crippen LogP contribution in [0.25, 0.3) is 6.08 Å². The van der Waals surface area contributed by atoms with E-state index in [2.05, 4.69) is 21.2 Å². The largest absolute Gasteiger partial charge is 0.405 e. The lowest BCUT2D eigenvalue weighted by molar-refractivity contribution is -0.123. The maximum absolute atomic E-state index is 12.1. The second-order valence-electron chi connectivity index (χ2n) is 4.84. The number of carbonyl (C=O) groups excluding carboxylic acids is 2. The molecule has 1 aromatic heterocycles. The van der Waals surface area contributed by atoms with Gasteiger partial charge in [-0.3, -0.25) is 9.59 Å². The summed E-state index contributed by atoms with van der Waals surface area (Å²) < 4.78 is 37.3. The van der Waals surface area contributed by atoms with Gasteiger partial charge in [0.1, 0.15) is 6.54 Å². The molecule has 25 heavy (non-hydrogen) atoms. The molecule has 0 unspecified atom stereocenters. The molecule has 9 heteroatoms. The van der Waals surface area contributed by atoms with Crippen LogP contribution in [-0.2, 0) is 4.79 Å². The van der Waals surface area contributed by atoms with E-state index in [-0.39, 0.29) is 5.56 Å². The molecule has 4 nitrogen and oxygen atoms in total. The molecule has 132 valence electrons. The second kappa shape index (κ2) is 8.30. The number of amides is 2. The van der Waals surface area contributed by atoms with Crippen molar-refractivity contribution in [1.82, 2.24) is 5.32 Å². The Hall–Kier alpha value is -2.13. The lowest BCUT2D eigenvalue weighted by atomic mass is 10.2. The summed E-state index contributed by atoms with van der Waals surface area (Å²) in [4.78, 5) is 24.5. The van der Waals surface area contributed by atoms with Gasteiger partial charge in [0.2, 0.25) is 5.91 Å². The van der Waals surface area contributed by atoms with E-state index in [9.17, 15) is 22.8 Å². The molecule has 0 spiro atoms. The number of thiophene rings is 1. The van der Waals surface area contributed by atoms with Crippen molar-refractivity contribution in [3.05, 3.63) is 56.7 Å². The van der Waals surface area contributed by atoms with E-state index in [4.69, 9.17) is 0 Å². The van der Waals surface area contributed by atoms with Crippen molar-refractivity contribution in [3.8, 4) is 0 Å². The molecular formula is C16H12BrF3N2O2S. The van der Waals surface area contributed by atoms with E-state index in [1.807, 2.05) is 12.1 Å². The van der Waals surface area contributed by atoms with Crippen LogP contribution in [0.4, 0.5) is 18.9 Å². The number of alkyl halides is 3. The van der Waals surface area contributed by atoms with Crippen LogP contribution >= 0.6 is 27.3 Å². The summed E-state index contributed by atoms with van der Waals surface area (Å²) in [5.41, 5.74) is 0.329. The van der Waals surface area contributed by atoms with Gasteiger partial charge in [-0.2, -0.15) is 13.2 Å². The third-order valence-corrected chi connectivity index (χ3v) is 4.42. The van der Waals surface area contributed by atoms with Gasteiger partial charge < -0.3 is 10.6 Å². The summed E-state index contributed by atoms with van der Waals surface area (Å²) in [6, 6.07) is 9.36. The normalized spacial score (nSPS) is 11.5. The number of halogens is 4. The molecule has 0 radical (unpaired) electrons. The van der Waals surface area contributed by atoms with Gasteiger partial charge in [0, 0.05) is 22.2 Å². The average molecular weight is 433 g/mol. The fraction of sp³-hybridized carbons (Fsp3) is 0.125. The van der Waals surface area contributed by atoms with Gasteiger partial charge in [-0.1, -0.05) is 6.07 Å². The first-order valence-corrected chi connectivity index (χ1v) is 8.53. The maximum atomic E-state index is 12.1. The summed E-state index contributed by atoms with van der Waals surface area (Å²) in [6.07, 6.45) is -1.53. The SMILES string of the molecule is O=C(/C=C/c1ccc(Br)s1)Nc1cccc(C(=O)NCC(F)(F)F)c1. The Morgan fingerprint density at radius 3 is 2.60 bits per heavy atom. The smallest absolute Gasteiger partial charge is 0.343 e. The van der Waals surface area contributed by atoms with Crippen molar-refractivity contribution in [3.63, 3.8) is 0 Å². The third kappa shape index (κ3) is 6.71. The van der Waals surface area contributed by atoms with Crippen molar-refractivity contribution in [2.45, 2.75) is 6.18 Å². The monoisotopic (exact) mass is 432 g/mol. The molecule has 0 atom stereocenters. The number of carbonyl (C=O) groups is 2. The van der Waals surface area contributed by atoms with E-state index in [1.165, 1.54) is 41.7 Å². The van der Waals surface area contributed by atoms with Gasteiger partial charge in [-0.05, 0) is 52.3 Å². The number of rotatable bonds is 5. The lowest BCUT2D eigenvalue weighted by Crippen LogP contribution is -2.33. The quantitative estimate of drug-likeness (QED) is 0.685. The molecule has 2 rings (SSSR count). The van der Waals surface area contributed by atoms with Crippen LogP contribution in [0.2, 0.25) is 0 Å². The Balaban J connectivity index is 1.97. The zero-order chi connectivity index (χ0) is 18.4. The fourth-order valence-electron chi connectivity index (χ4n) is 1.78. The highest BCUT2D eigenvalue weighted by molar-refractivity contribution is 9.11. The van der Waals surface area contributed by atoms with Gasteiger partial charge >= 0.3 is 6.18 Å². The predicted octanol–water partition coefficient (Wildman–Crippen LogP) is 4.45. The molecule has 0 saturated heterocycles. The molecule has 0 aliphatic rings. The van der Waals surface area contributed by atoms with Crippen LogP contribution < -0.4 is 10.6 Å². The van der Waals surface area contributed by atoms with Crippen LogP contribution in [0, 0.1) is 0 Å². The molecule has 2 amide bonds. The molecule has 0 aliphatic carbocycles. The highest BCUT2D eigenvalue weighted by Crippen LogP contribution is 2.23. The Morgan fingerprint density at radius 1 is 1.20 bits per heavy atom. The van der Waals surface area contributed by atoms with Crippen LogP contribution in [0.5, 0.6) is 0 Å². The lowest BCUT2D eigenvalue weighted by Gasteiger charge is -2.09. The van der Waals surface area contributed by atoms with Crippen LogP contribution in [0.15, 0.2) is 46.3 Å². The standard InChI is InChI=1S/C16H12BrF3N2O2S/c17-13-6-4-12(25-13)5-7-14(23)22-11-3-1-2-10(8-11)15(24)21-9-16(18,19)20/h1-8H,9H2,(H,21,24)(H,22,23)/b7-5+. The van der Waals surface area contributed by atoms with Gasteiger partial charge in [-0.25, -0.2) is 0 Å². The number of nitrogens with one attached hydrogen (secondary N) is 2. The van der Waals surface area contributed by atoms with Gasteiger partial charge in [0.15, 0.2) is 0 Å². The van der Waals surface area contributed by atoms with Gasteiger partial charge in [-0.15, -0.1) is 11.3 Å². The average Bonchev–Trinajstić information content (AvgIpc) is 2.96. The van der Waals surface area contributed by atoms with E-state index >= 15 is 0 Å². The molecule has 0 aliphatic heterocycles. The Morgan fingerprint density at radius 2 is 1.96 bits per heavy atom. The maximum Gasteiger partial charge on any atom is 0.405 e. The molecule has 2 N–H and O–H groups in total. The highest BCUT2D eigenvalue weighted by atomic mass is 79.9. The van der Waals surface area contributed by atoms with Crippen molar-refractivity contribution in [1.29, 1.82) is 0 Å². The molecule has 1 heterocycles. The molecule has 0 bridgehead atoms. The first-order valence-electron chi connectivity index (χ1n) is 6.92. The zero-order valence-corrected chi connectivity index (χ0v) is 15.0. The molecule has 2 aromatic rings. The van der Waals surface area contributed by atoms with Crippen molar-refractivity contribution in [2.75, 3.05) is 11.9 Å². The van der Waals surface area contributed by atoms with Gasteiger partial charge in [0.25, 0.3) is 5.91 Å². The minimum Gasteiger partial charge on any atom is -0.343 e. The summed E-state index contributed by atoms with van der Waals surface area (Å²) in [5, 5.41) is 4.33. The summed E-state index contributed by atoms with van der Waals surface area (Å²) in [5.74, 6) is -1.29. The summed E-state index contributed by atoms with van der Waals surface area (Å²) in [7, 11) is 0. The Labute approximate surface area is 153 Å². The van der Waals surface area contributed by atoms with Crippen molar-refractivity contribution < 1.29 is 22.8 Å². The predicted molar refractivity (Wildman–Crippen MR) is 94.5 cm³/mol. The van der Waals surface area contributed by atoms with E-state index in [0.717, 1.165) is 8.66 Å². The third-order valence-electron chi connectivity index (χ3n) is 2.83. The van der Waals surface area contributed by atoms with Crippen molar-refractivity contribution >= 4 is 50.8 Å². The van der Waals surface area contributed by atoms with Crippen LogP contribution in [0.1, 0.15) is 15.2 Å². The fourth-order valence-corrected chi connectivity index (χ4v) is 3.11. The Kier molecular flexibility index (Phi) is 6.38. The van der Waals surface area contributed by atoms with Gasteiger partial charge in [0.05, 0.1) is 3.79 Å². The number of hydrogen-bond acceptors (Lipinski definition) is 3. The minimum absolute atomic E-state index is 0.0215. The molecule has 0 saturated carbocycles. The van der Waals surface area contributed by atoms with E-state index in [1.54, 1.807) is 11.4 Å². The topological polar surface area (TPSA) is 58.2 Å². The zero-order valence-electron chi connectivity index (χ0n) is 12.6. The van der Waals surface area contributed by atoms with Crippen LogP contribution in [0.3, 0.4) is 0 Å². The van der Waals surface area contributed by atoms with Crippen molar-refractivity contribution in [2.24, 2.45) is 0 Å². The summed E-state index contributed by atoms with van der Waals surface area (Å²) in [6.45, 7) is -1.42. The highest BCUT2D eigenvalue weighted by Gasteiger charge is 2.27. The second-order valence-corrected chi connectivity index (χ2v) is 7.34. The minimum atomic E-state index is -4.48. The molecule has 1 aromatic carbocycles. The van der Waals surface area contributed by atoms with E-state index < -0.39 is 24.5 Å². The van der Waals surface area contributed by atoms with E-state index in [0.29, 0.717) is 5.69 Å². The first kappa shape index (κ1) is 19.2.